The molecule has 1 fully saturated rings. The molecule has 1 amide bonds. The van der Waals surface area contributed by atoms with Crippen molar-refractivity contribution in [2.75, 3.05) is 18.8 Å². The van der Waals surface area contributed by atoms with Crippen LogP contribution in [0, 0.1) is 19.8 Å². The normalized spacial score (nSPS) is 20.2. The number of hydrogen-bond donors (Lipinski definition) is 1. The summed E-state index contributed by atoms with van der Waals surface area (Å²) in [7, 11) is -3.23. The van der Waals surface area contributed by atoms with Gasteiger partial charge in [-0.25, -0.2) is 12.7 Å². The van der Waals surface area contributed by atoms with E-state index in [1.165, 1.54) is 15.4 Å². The molecule has 1 heterocycles. The molecule has 0 aliphatic carbocycles. The standard InChI is InChI=1S/C19H30N2O3S/c1-5-18(16-10-9-14(3)15(4)12-16)20-19(22)17-8-7-11-21(13-17)25(23,24)6-2/h9-10,12,17-18H,5-8,11,13H2,1-4H3,(H,20,22)/t17-,18+/m0/s1. The Morgan fingerprint density at radius 2 is 2.00 bits per heavy atom. The third-order valence-electron chi connectivity index (χ3n) is 5.17. The fourth-order valence-corrected chi connectivity index (χ4v) is 4.46. The average Bonchev–Trinajstić information content (AvgIpc) is 2.62. The van der Waals surface area contributed by atoms with Crippen molar-refractivity contribution in [3.8, 4) is 0 Å². The lowest BCUT2D eigenvalue weighted by atomic mass is 9.96. The van der Waals surface area contributed by atoms with Crippen LogP contribution in [-0.4, -0.2) is 37.5 Å². The highest BCUT2D eigenvalue weighted by molar-refractivity contribution is 7.89. The molecule has 6 heteroatoms. The maximum Gasteiger partial charge on any atom is 0.224 e. The molecule has 1 aromatic carbocycles. The van der Waals surface area contributed by atoms with Crippen LogP contribution in [0.1, 0.15) is 55.8 Å². The second-order valence-corrected chi connectivity index (χ2v) is 9.17. The summed E-state index contributed by atoms with van der Waals surface area (Å²) >= 11 is 0. The fourth-order valence-electron chi connectivity index (χ4n) is 3.28. The minimum atomic E-state index is -3.23. The van der Waals surface area contributed by atoms with Gasteiger partial charge in [-0.1, -0.05) is 25.1 Å². The molecule has 0 radical (unpaired) electrons. The molecule has 1 saturated heterocycles. The molecule has 5 nitrogen and oxygen atoms in total. The van der Waals surface area contributed by atoms with E-state index in [4.69, 9.17) is 0 Å². The van der Waals surface area contributed by atoms with Gasteiger partial charge in [0, 0.05) is 13.1 Å². The summed E-state index contributed by atoms with van der Waals surface area (Å²) in [6.45, 7) is 8.66. The van der Waals surface area contributed by atoms with Crippen molar-refractivity contribution >= 4 is 15.9 Å². The van der Waals surface area contributed by atoms with Gasteiger partial charge in [0.1, 0.15) is 0 Å². The second kappa shape index (κ2) is 8.32. The van der Waals surface area contributed by atoms with Gasteiger partial charge in [-0.3, -0.25) is 4.79 Å². The topological polar surface area (TPSA) is 66.5 Å². The molecular weight excluding hydrogens is 336 g/mol. The van der Waals surface area contributed by atoms with Gasteiger partial charge in [-0.15, -0.1) is 0 Å². The van der Waals surface area contributed by atoms with Gasteiger partial charge in [0.25, 0.3) is 0 Å². The van der Waals surface area contributed by atoms with Crippen LogP contribution in [0.4, 0.5) is 0 Å². The van der Waals surface area contributed by atoms with E-state index in [0.29, 0.717) is 13.1 Å². The Kier molecular flexibility index (Phi) is 6.63. The summed E-state index contributed by atoms with van der Waals surface area (Å²) in [5.74, 6) is -0.224. The fraction of sp³-hybridized carbons (Fsp3) is 0.632. The van der Waals surface area contributed by atoms with Gasteiger partial charge in [-0.05, 0) is 56.7 Å². The Morgan fingerprint density at radius 3 is 2.60 bits per heavy atom. The number of carbonyl (C=O) groups excluding carboxylic acids is 1. The highest BCUT2D eigenvalue weighted by Crippen LogP contribution is 2.23. The molecule has 140 valence electrons. The highest BCUT2D eigenvalue weighted by atomic mass is 32.2. The number of hydrogen-bond acceptors (Lipinski definition) is 3. The zero-order valence-corrected chi connectivity index (χ0v) is 16.5. The van der Waals surface area contributed by atoms with Crippen LogP contribution in [0.3, 0.4) is 0 Å². The molecule has 1 aromatic rings. The van der Waals surface area contributed by atoms with Crippen molar-refractivity contribution < 1.29 is 13.2 Å². The van der Waals surface area contributed by atoms with Gasteiger partial charge in [0.2, 0.25) is 15.9 Å². The quantitative estimate of drug-likeness (QED) is 0.842. The lowest BCUT2D eigenvalue weighted by Crippen LogP contribution is -2.46. The van der Waals surface area contributed by atoms with Gasteiger partial charge >= 0.3 is 0 Å². The molecular formula is C19H30N2O3S. The molecule has 0 saturated carbocycles. The number of carbonyl (C=O) groups is 1. The number of aryl methyl sites for hydroxylation is 2. The molecule has 25 heavy (non-hydrogen) atoms. The monoisotopic (exact) mass is 366 g/mol. The Bertz CT molecular complexity index is 715. The Labute approximate surface area is 151 Å². The first-order valence-corrected chi connectivity index (χ1v) is 10.7. The number of sulfonamides is 1. The third-order valence-corrected chi connectivity index (χ3v) is 7.02. The van der Waals surface area contributed by atoms with E-state index < -0.39 is 10.0 Å². The second-order valence-electron chi connectivity index (χ2n) is 6.91. The van der Waals surface area contributed by atoms with Crippen molar-refractivity contribution in [3.63, 3.8) is 0 Å². The minimum Gasteiger partial charge on any atom is -0.349 e. The molecule has 2 atom stereocenters. The molecule has 2 rings (SSSR count). The van der Waals surface area contributed by atoms with Gasteiger partial charge < -0.3 is 5.32 Å². The van der Waals surface area contributed by atoms with Crippen LogP contribution < -0.4 is 5.32 Å². The van der Waals surface area contributed by atoms with Gasteiger partial charge in [0.05, 0.1) is 17.7 Å². The molecule has 0 bridgehead atoms. The van der Waals surface area contributed by atoms with E-state index in [0.717, 1.165) is 24.8 Å². The first-order chi connectivity index (χ1) is 11.8. The Balaban J connectivity index is 2.07. The number of nitrogens with one attached hydrogen (secondary N) is 1. The Morgan fingerprint density at radius 1 is 1.28 bits per heavy atom. The van der Waals surface area contributed by atoms with Crippen LogP contribution in [0.2, 0.25) is 0 Å². The largest absolute Gasteiger partial charge is 0.349 e. The lowest BCUT2D eigenvalue weighted by Gasteiger charge is -2.32. The third kappa shape index (κ3) is 4.82. The average molecular weight is 367 g/mol. The number of nitrogens with zero attached hydrogens (tertiary/aromatic N) is 1. The van der Waals surface area contributed by atoms with E-state index in [-0.39, 0.29) is 23.6 Å². The SMILES string of the molecule is CC[C@@H](NC(=O)[C@H]1CCCN(S(=O)(=O)CC)C1)c1ccc(C)c(C)c1. The molecule has 1 aliphatic heterocycles. The summed E-state index contributed by atoms with van der Waals surface area (Å²) < 4.78 is 25.6. The van der Waals surface area contributed by atoms with E-state index in [9.17, 15) is 13.2 Å². The van der Waals surface area contributed by atoms with Crippen molar-refractivity contribution in [1.82, 2.24) is 9.62 Å². The van der Waals surface area contributed by atoms with Crippen LogP contribution in [0.5, 0.6) is 0 Å². The van der Waals surface area contributed by atoms with Crippen LogP contribution in [0.15, 0.2) is 18.2 Å². The summed E-state index contributed by atoms with van der Waals surface area (Å²) in [4.78, 5) is 12.7. The number of amides is 1. The van der Waals surface area contributed by atoms with E-state index in [2.05, 4.69) is 44.3 Å². The number of piperidine rings is 1. The maximum absolute atomic E-state index is 12.7. The van der Waals surface area contributed by atoms with Crippen LogP contribution in [0.25, 0.3) is 0 Å². The summed E-state index contributed by atoms with van der Waals surface area (Å²) in [6, 6.07) is 6.23. The summed E-state index contributed by atoms with van der Waals surface area (Å²) in [6.07, 6.45) is 2.28. The van der Waals surface area contributed by atoms with Crippen LogP contribution in [-0.2, 0) is 14.8 Å². The molecule has 0 aromatic heterocycles. The molecule has 0 spiro atoms. The molecule has 1 N–H and O–H groups in total. The first-order valence-electron chi connectivity index (χ1n) is 9.13. The van der Waals surface area contributed by atoms with Crippen molar-refractivity contribution in [3.05, 3.63) is 34.9 Å². The maximum atomic E-state index is 12.7. The molecule has 1 aliphatic rings. The van der Waals surface area contributed by atoms with Crippen molar-refractivity contribution in [2.45, 2.75) is 53.0 Å². The zero-order chi connectivity index (χ0) is 18.6. The van der Waals surface area contributed by atoms with E-state index in [1.807, 2.05) is 0 Å². The van der Waals surface area contributed by atoms with Crippen molar-refractivity contribution in [2.24, 2.45) is 5.92 Å². The van der Waals surface area contributed by atoms with E-state index >= 15 is 0 Å². The first kappa shape index (κ1) is 19.9. The zero-order valence-electron chi connectivity index (χ0n) is 15.7. The highest BCUT2D eigenvalue weighted by Gasteiger charge is 2.32. The van der Waals surface area contributed by atoms with E-state index in [1.54, 1.807) is 6.92 Å². The van der Waals surface area contributed by atoms with Gasteiger partial charge in [-0.2, -0.15) is 0 Å². The smallest absolute Gasteiger partial charge is 0.224 e. The Hall–Kier alpha value is -1.40. The minimum absolute atomic E-state index is 0.0371. The number of rotatable bonds is 6. The predicted molar refractivity (Wildman–Crippen MR) is 101 cm³/mol. The predicted octanol–water partition coefficient (Wildman–Crippen LogP) is 2.93. The van der Waals surface area contributed by atoms with Crippen LogP contribution >= 0.6 is 0 Å². The lowest BCUT2D eigenvalue weighted by molar-refractivity contribution is -0.126. The molecule has 0 unspecified atom stereocenters. The van der Waals surface area contributed by atoms with Gasteiger partial charge in [0.15, 0.2) is 0 Å². The number of benzene rings is 1. The summed E-state index contributed by atoms with van der Waals surface area (Å²) in [5, 5.41) is 3.13. The van der Waals surface area contributed by atoms with Crippen molar-refractivity contribution in [1.29, 1.82) is 0 Å². The summed E-state index contributed by atoms with van der Waals surface area (Å²) in [5.41, 5.74) is 3.55.